The molecule has 1 N–H and O–H groups in total. The molecular formula is C33H41N5O2. The third kappa shape index (κ3) is 6.89. The molecule has 7 heteroatoms. The van der Waals surface area contributed by atoms with Crippen LogP contribution in [0.15, 0.2) is 60.8 Å². The molecule has 4 aromatic rings. The number of aryl methyl sites for hydroxylation is 1. The van der Waals surface area contributed by atoms with Gasteiger partial charge in [0.05, 0.1) is 16.7 Å². The van der Waals surface area contributed by atoms with Crippen molar-refractivity contribution in [2.45, 2.75) is 58.3 Å². The number of fused-ring (bicyclic) bond motifs is 1. The monoisotopic (exact) mass is 539 g/mol. The molecule has 2 aromatic heterocycles. The molecule has 1 fully saturated rings. The van der Waals surface area contributed by atoms with Crippen LogP contribution in [0.3, 0.4) is 0 Å². The Morgan fingerprint density at radius 2 is 1.80 bits per heavy atom. The first-order valence-electron chi connectivity index (χ1n) is 14.3. The fourth-order valence-corrected chi connectivity index (χ4v) is 5.31. The number of piperidine rings is 1. The molecule has 0 aliphatic carbocycles. The highest BCUT2D eigenvalue weighted by molar-refractivity contribution is 5.81. The lowest BCUT2D eigenvalue weighted by molar-refractivity contribution is -0.118. The third-order valence-electron chi connectivity index (χ3n) is 7.91. The van der Waals surface area contributed by atoms with Gasteiger partial charge in [0.2, 0.25) is 5.95 Å². The second-order valence-electron chi connectivity index (χ2n) is 12.2. The molecule has 5 rings (SSSR count). The van der Waals surface area contributed by atoms with E-state index < -0.39 is 0 Å². The number of pyridine rings is 1. The number of nitrogens with one attached hydrogen (secondary N) is 1. The molecule has 1 aliphatic heterocycles. The molecular weight excluding hydrogens is 498 g/mol. The minimum absolute atomic E-state index is 0.0723. The number of hydrogen-bond acceptors (Lipinski definition) is 6. The van der Waals surface area contributed by atoms with E-state index in [0.717, 1.165) is 47.9 Å². The quantitative estimate of drug-likeness (QED) is 0.246. The van der Waals surface area contributed by atoms with Crippen LogP contribution in [0.5, 0.6) is 11.5 Å². The molecule has 2 aromatic carbocycles. The molecule has 1 saturated heterocycles. The smallest absolute Gasteiger partial charge is 0.208 e. The first-order valence-corrected chi connectivity index (χ1v) is 14.3. The minimum atomic E-state index is 0.0723. The van der Waals surface area contributed by atoms with Crippen molar-refractivity contribution < 1.29 is 9.53 Å². The van der Waals surface area contributed by atoms with Gasteiger partial charge in [0.1, 0.15) is 17.3 Å². The number of imidazole rings is 1. The van der Waals surface area contributed by atoms with Crippen LogP contribution in [-0.2, 0) is 23.7 Å². The Morgan fingerprint density at radius 3 is 2.58 bits per heavy atom. The van der Waals surface area contributed by atoms with E-state index in [1.54, 1.807) is 6.20 Å². The summed E-state index contributed by atoms with van der Waals surface area (Å²) in [7, 11) is 4.17. The molecule has 0 radical (unpaired) electrons. The number of carbonyl (C=O) groups excluding carboxylic acids is 1. The second kappa shape index (κ2) is 11.8. The van der Waals surface area contributed by atoms with Crippen LogP contribution in [0.1, 0.15) is 57.7 Å². The van der Waals surface area contributed by atoms with Gasteiger partial charge in [0, 0.05) is 43.9 Å². The lowest BCUT2D eigenvalue weighted by atomic mass is 9.87. The Kier molecular flexibility index (Phi) is 8.22. The van der Waals surface area contributed by atoms with Gasteiger partial charge in [-0.2, -0.15) is 0 Å². The average molecular weight is 540 g/mol. The Balaban J connectivity index is 1.23. The number of carbonyl (C=O) groups is 1. The molecule has 40 heavy (non-hydrogen) atoms. The van der Waals surface area contributed by atoms with Gasteiger partial charge in [-0.25, -0.2) is 4.98 Å². The van der Waals surface area contributed by atoms with Gasteiger partial charge in [0.25, 0.3) is 0 Å². The van der Waals surface area contributed by atoms with Gasteiger partial charge >= 0.3 is 0 Å². The van der Waals surface area contributed by atoms with Gasteiger partial charge in [-0.3, -0.25) is 9.78 Å². The predicted octanol–water partition coefficient (Wildman–Crippen LogP) is 7.04. The molecule has 0 unspecified atom stereocenters. The number of Topliss-reactive ketones (excluding diaryl/α,β-unsaturated/α-hetero) is 1. The van der Waals surface area contributed by atoms with E-state index in [1.807, 2.05) is 41.9 Å². The highest BCUT2D eigenvalue weighted by Gasteiger charge is 2.18. The van der Waals surface area contributed by atoms with Crippen LogP contribution in [0.4, 0.5) is 11.6 Å². The van der Waals surface area contributed by atoms with Crippen LogP contribution in [0.2, 0.25) is 0 Å². The van der Waals surface area contributed by atoms with E-state index in [4.69, 9.17) is 9.72 Å². The first kappa shape index (κ1) is 27.8. The highest BCUT2D eigenvalue weighted by Crippen LogP contribution is 2.30. The van der Waals surface area contributed by atoms with E-state index in [2.05, 4.69) is 67.3 Å². The van der Waals surface area contributed by atoms with E-state index in [9.17, 15) is 4.79 Å². The number of ether oxygens (including phenoxy) is 1. The Hall–Kier alpha value is -3.71. The van der Waals surface area contributed by atoms with Gasteiger partial charge in [-0.15, -0.1) is 0 Å². The minimum Gasteiger partial charge on any atom is -0.457 e. The van der Waals surface area contributed by atoms with E-state index >= 15 is 0 Å². The van der Waals surface area contributed by atoms with Gasteiger partial charge in [-0.05, 0) is 86.6 Å². The summed E-state index contributed by atoms with van der Waals surface area (Å²) < 4.78 is 8.22. The summed E-state index contributed by atoms with van der Waals surface area (Å²) in [5.74, 6) is 3.03. The number of anilines is 2. The maximum absolute atomic E-state index is 12.7. The molecule has 3 heterocycles. The fraction of sp³-hybridized carbons (Fsp3) is 0.424. The number of aromatic nitrogens is 3. The maximum atomic E-state index is 12.7. The molecule has 1 aliphatic rings. The van der Waals surface area contributed by atoms with E-state index in [-0.39, 0.29) is 11.2 Å². The van der Waals surface area contributed by atoms with Crippen LogP contribution < -0.4 is 10.1 Å². The molecule has 0 spiro atoms. The second-order valence-corrected chi connectivity index (χ2v) is 12.2. The summed E-state index contributed by atoms with van der Waals surface area (Å²) in [4.78, 5) is 24.3. The van der Waals surface area contributed by atoms with Crippen molar-refractivity contribution in [1.29, 1.82) is 0 Å². The number of hydrogen-bond donors (Lipinski definition) is 1. The molecule has 0 saturated carbocycles. The SMILES string of the molecule is CN1CCC(CCC(=O)Cc2cc(Oc3ccc4c(c3)nc(Nc3cccc(C(C)(C)C)c3)n4C)ccn2)CC1. The lowest BCUT2D eigenvalue weighted by Crippen LogP contribution is -2.30. The molecule has 0 amide bonds. The standard InChI is InChI=1S/C33H41N5O2/c1-33(2,3)24-7-6-8-25(19-24)35-32-36-30-22-28(11-12-31(30)38(32)5)40-29-13-16-34-26(21-29)20-27(39)10-9-23-14-17-37(4)18-15-23/h6-8,11-13,16,19,21-23H,9-10,14-15,17-18,20H2,1-5H3,(H,35,36). The van der Waals surface area contributed by atoms with Gasteiger partial charge in [0.15, 0.2) is 0 Å². The van der Waals surface area contributed by atoms with Crippen molar-refractivity contribution in [2.75, 3.05) is 25.5 Å². The van der Waals surface area contributed by atoms with Crippen molar-refractivity contribution in [3.05, 3.63) is 72.1 Å². The molecule has 210 valence electrons. The van der Waals surface area contributed by atoms with Crippen molar-refractivity contribution in [1.82, 2.24) is 19.4 Å². The topological polar surface area (TPSA) is 72.3 Å². The van der Waals surface area contributed by atoms with Crippen LogP contribution in [0, 0.1) is 5.92 Å². The van der Waals surface area contributed by atoms with Crippen molar-refractivity contribution in [3.63, 3.8) is 0 Å². The summed E-state index contributed by atoms with van der Waals surface area (Å²) in [5.41, 5.74) is 4.94. The highest BCUT2D eigenvalue weighted by atomic mass is 16.5. The van der Waals surface area contributed by atoms with E-state index in [1.165, 1.54) is 18.4 Å². The Labute approximate surface area is 237 Å². The molecule has 0 atom stereocenters. The van der Waals surface area contributed by atoms with Gasteiger partial charge in [-0.1, -0.05) is 32.9 Å². The van der Waals surface area contributed by atoms with Crippen molar-refractivity contribution in [2.24, 2.45) is 13.0 Å². The van der Waals surface area contributed by atoms with Crippen molar-refractivity contribution in [3.8, 4) is 11.5 Å². The van der Waals surface area contributed by atoms with Gasteiger partial charge < -0.3 is 19.5 Å². The zero-order chi connectivity index (χ0) is 28.3. The molecule has 7 nitrogen and oxygen atoms in total. The summed E-state index contributed by atoms with van der Waals surface area (Å²) in [6.45, 7) is 8.90. The van der Waals surface area contributed by atoms with E-state index in [0.29, 0.717) is 30.3 Å². The zero-order valence-electron chi connectivity index (χ0n) is 24.4. The summed E-state index contributed by atoms with van der Waals surface area (Å²) in [6.07, 6.45) is 6.03. The van der Waals surface area contributed by atoms with Crippen LogP contribution in [-0.4, -0.2) is 45.4 Å². The predicted molar refractivity (Wildman–Crippen MR) is 162 cm³/mol. The number of benzene rings is 2. The zero-order valence-corrected chi connectivity index (χ0v) is 24.4. The van der Waals surface area contributed by atoms with Crippen LogP contribution in [0.25, 0.3) is 11.0 Å². The fourth-order valence-electron chi connectivity index (χ4n) is 5.31. The lowest BCUT2D eigenvalue weighted by Gasteiger charge is -2.28. The maximum Gasteiger partial charge on any atom is 0.208 e. The Bertz CT molecular complexity index is 1480. The summed E-state index contributed by atoms with van der Waals surface area (Å²) in [6, 6.07) is 18.1. The normalized spacial score (nSPS) is 14.9. The number of rotatable bonds is 9. The Morgan fingerprint density at radius 1 is 1.02 bits per heavy atom. The van der Waals surface area contributed by atoms with Crippen molar-refractivity contribution >= 4 is 28.5 Å². The van der Waals surface area contributed by atoms with Crippen LogP contribution >= 0.6 is 0 Å². The number of likely N-dealkylation sites (tertiary alicyclic amines) is 1. The number of ketones is 1. The molecule has 0 bridgehead atoms. The summed E-state index contributed by atoms with van der Waals surface area (Å²) >= 11 is 0. The summed E-state index contributed by atoms with van der Waals surface area (Å²) in [5, 5.41) is 3.47. The number of nitrogens with zero attached hydrogens (tertiary/aromatic N) is 4. The third-order valence-corrected chi connectivity index (χ3v) is 7.91. The average Bonchev–Trinajstić information content (AvgIpc) is 3.22. The largest absolute Gasteiger partial charge is 0.457 e. The first-order chi connectivity index (χ1) is 19.1.